The van der Waals surface area contributed by atoms with Crippen LogP contribution in [0.4, 0.5) is 4.79 Å². The van der Waals surface area contributed by atoms with E-state index in [2.05, 4.69) is 14.9 Å². The highest BCUT2D eigenvalue weighted by atomic mass is 16.5. The second-order valence-electron chi connectivity index (χ2n) is 7.20. The second kappa shape index (κ2) is 8.33. The van der Waals surface area contributed by atoms with Gasteiger partial charge in [-0.3, -0.25) is 0 Å². The van der Waals surface area contributed by atoms with Crippen molar-refractivity contribution in [1.29, 1.82) is 0 Å². The van der Waals surface area contributed by atoms with Crippen LogP contribution in [-0.2, 0) is 13.1 Å². The van der Waals surface area contributed by atoms with E-state index >= 15 is 0 Å². The molecule has 0 radical (unpaired) electrons. The molecule has 1 N–H and O–H groups in total. The highest BCUT2D eigenvalue weighted by molar-refractivity contribution is 5.74. The normalized spacial score (nSPS) is 19.4. The largest absolute Gasteiger partial charge is 0.490 e. The number of nitrogens with one attached hydrogen (secondary N) is 1. The van der Waals surface area contributed by atoms with Crippen LogP contribution < -0.4 is 14.8 Å². The van der Waals surface area contributed by atoms with Gasteiger partial charge in [0.05, 0.1) is 19.5 Å². The Hall–Kier alpha value is -2.70. The van der Waals surface area contributed by atoms with Crippen LogP contribution in [0, 0.1) is 5.92 Å². The van der Waals surface area contributed by atoms with Crippen LogP contribution in [-0.4, -0.2) is 46.8 Å². The molecule has 2 aromatic rings. The van der Waals surface area contributed by atoms with Gasteiger partial charge in [0.15, 0.2) is 11.5 Å². The molecule has 0 saturated carbocycles. The highest BCUT2D eigenvalue weighted by Gasteiger charge is 2.23. The molecule has 7 nitrogen and oxygen atoms in total. The Kier molecular flexibility index (Phi) is 5.46. The fourth-order valence-corrected chi connectivity index (χ4v) is 3.70. The average Bonchev–Trinajstić information content (AvgIpc) is 3.09. The zero-order chi connectivity index (χ0) is 18.5. The van der Waals surface area contributed by atoms with E-state index in [0.717, 1.165) is 56.0 Å². The number of piperidine rings is 1. The maximum Gasteiger partial charge on any atom is 0.317 e. The van der Waals surface area contributed by atoms with E-state index < -0.39 is 0 Å². The number of carbonyl (C=O) groups excluding carboxylic acids is 1. The number of urea groups is 1. The maximum absolute atomic E-state index is 12.6. The number of imidazole rings is 1. The molecule has 2 aliphatic heterocycles. The second-order valence-corrected chi connectivity index (χ2v) is 7.20. The summed E-state index contributed by atoms with van der Waals surface area (Å²) in [4.78, 5) is 18.6. The van der Waals surface area contributed by atoms with Gasteiger partial charge in [-0.25, -0.2) is 9.78 Å². The first-order chi connectivity index (χ1) is 13.3. The van der Waals surface area contributed by atoms with Crippen molar-refractivity contribution in [2.75, 3.05) is 26.3 Å². The third-order valence-corrected chi connectivity index (χ3v) is 5.09. The van der Waals surface area contributed by atoms with Crippen LogP contribution >= 0.6 is 0 Å². The maximum atomic E-state index is 12.6. The van der Waals surface area contributed by atoms with Crippen molar-refractivity contribution in [1.82, 2.24) is 19.8 Å². The molecule has 2 aliphatic rings. The van der Waals surface area contributed by atoms with Crippen molar-refractivity contribution >= 4 is 6.03 Å². The zero-order valence-electron chi connectivity index (χ0n) is 15.5. The number of fused-ring (bicyclic) bond motifs is 1. The number of amides is 2. The fourth-order valence-electron chi connectivity index (χ4n) is 3.70. The quantitative estimate of drug-likeness (QED) is 0.898. The minimum atomic E-state index is -0.00237. The van der Waals surface area contributed by atoms with Gasteiger partial charge in [-0.1, -0.05) is 6.07 Å². The van der Waals surface area contributed by atoms with Gasteiger partial charge in [-0.05, 0) is 36.5 Å². The third kappa shape index (κ3) is 4.53. The molecular weight excluding hydrogens is 344 g/mol. The number of aromatic nitrogens is 2. The van der Waals surface area contributed by atoms with Gasteiger partial charge in [0.1, 0.15) is 0 Å². The predicted molar refractivity (Wildman–Crippen MR) is 101 cm³/mol. The molecule has 0 aliphatic carbocycles. The van der Waals surface area contributed by atoms with Gasteiger partial charge in [0.2, 0.25) is 0 Å². The first-order valence-electron chi connectivity index (χ1n) is 9.65. The van der Waals surface area contributed by atoms with Crippen molar-refractivity contribution < 1.29 is 14.3 Å². The number of nitrogens with zero attached hydrogens (tertiary/aromatic N) is 3. The number of likely N-dealkylation sites (tertiary alicyclic amines) is 1. The predicted octanol–water partition coefficient (Wildman–Crippen LogP) is 2.67. The Labute approximate surface area is 159 Å². The highest BCUT2D eigenvalue weighted by Crippen LogP contribution is 2.30. The van der Waals surface area contributed by atoms with E-state index in [1.54, 1.807) is 6.20 Å². The van der Waals surface area contributed by atoms with Crippen LogP contribution in [0.2, 0.25) is 0 Å². The molecular formula is C20H26N4O3. The van der Waals surface area contributed by atoms with Crippen LogP contribution in [0.25, 0.3) is 0 Å². The number of carbonyl (C=O) groups is 1. The van der Waals surface area contributed by atoms with Crippen molar-refractivity contribution in [3.05, 3.63) is 42.5 Å². The summed E-state index contributed by atoms with van der Waals surface area (Å²) in [6.07, 6.45) is 8.67. The standard InChI is InChI=1S/C20H26N4O3/c25-20(24-7-1-3-17(14-24)13-23-8-6-21-15-23)22-12-16-4-5-18-19(11-16)27-10-2-9-26-18/h4-6,8,11,15,17H,1-3,7,9-10,12-14H2,(H,22,25)/t17-/m0/s1. The molecule has 0 unspecified atom stereocenters. The van der Waals surface area contributed by atoms with Crippen LogP contribution in [0.3, 0.4) is 0 Å². The number of rotatable bonds is 4. The minimum absolute atomic E-state index is 0.00237. The molecule has 7 heteroatoms. The molecule has 1 aromatic heterocycles. The van der Waals surface area contributed by atoms with Crippen molar-refractivity contribution in [3.8, 4) is 11.5 Å². The monoisotopic (exact) mass is 370 g/mol. The molecule has 0 spiro atoms. The lowest BCUT2D eigenvalue weighted by Gasteiger charge is -2.33. The summed E-state index contributed by atoms with van der Waals surface area (Å²) in [6, 6.07) is 5.85. The lowest BCUT2D eigenvalue weighted by Crippen LogP contribution is -2.46. The van der Waals surface area contributed by atoms with Gasteiger partial charge in [-0.15, -0.1) is 0 Å². The summed E-state index contributed by atoms with van der Waals surface area (Å²) in [7, 11) is 0. The molecule has 27 heavy (non-hydrogen) atoms. The first kappa shape index (κ1) is 17.7. The molecule has 1 saturated heterocycles. The SMILES string of the molecule is O=C(NCc1ccc2c(c1)OCCCO2)N1CCC[C@@H](Cn2ccnc2)C1. The van der Waals surface area contributed by atoms with E-state index in [9.17, 15) is 4.79 Å². The van der Waals surface area contributed by atoms with Crippen molar-refractivity contribution in [3.63, 3.8) is 0 Å². The number of hydrogen-bond acceptors (Lipinski definition) is 4. The van der Waals surface area contributed by atoms with Crippen molar-refractivity contribution in [2.24, 2.45) is 5.92 Å². The topological polar surface area (TPSA) is 68.6 Å². The summed E-state index contributed by atoms with van der Waals surface area (Å²) < 4.78 is 13.5. The van der Waals surface area contributed by atoms with E-state index in [1.165, 1.54) is 0 Å². The summed E-state index contributed by atoms with van der Waals surface area (Å²) in [5.74, 6) is 2.01. The van der Waals surface area contributed by atoms with E-state index in [-0.39, 0.29) is 6.03 Å². The lowest BCUT2D eigenvalue weighted by atomic mass is 9.98. The fraction of sp³-hybridized carbons (Fsp3) is 0.500. The molecule has 144 valence electrons. The molecule has 0 bridgehead atoms. The Morgan fingerprint density at radius 2 is 2.11 bits per heavy atom. The zero-order valence-corrected chi connectivity index (χ0v) is 15.5. The minimum Gasteiger partial charge on any atom is -0.490 e. The summed E-state index contributed by atoms with van der Waals surface area (Å²) in [5.41, 5.74) is 1.01. The molecule has 3 heterocycles. The van der Waals surface area contributed by atoms with Gasteiger partial charge in [0, 0.05) is 45.0 Å². The Morgan fingerprint density at radius 3 is 2.96 bits per heavy atom. The van der Waals surface area contributed by atoms with Crippen LogP contribution in [0.1, 0.15) is 24.8 Å². The van der Waals surface area contributed by atoms with E-state index in [4.69, 9.17) is 9.47 Å². The average molecular weight is 370 g/mol. The van der Waals surface area contributed by atoms with Gasteiger partial charge < -0.3 is 24.3 Å². The van der Waals surface area contributed by atoms with Crippen LogP contribution in [0.15, 0.2) is 36.9 Å². The molecule has 2 amide bonds. The first-order valence-corrected chi connectivity index (χ1v) is 9.65. The lowest BCUT2D eigenvalue weighted by molar-refractivity contribution is 0.159. The molecule has 1 aromatic carbocycles. The Morgan fingerprint density at radius 1 is 1.22 bits per heavy atom. The summed E-state index contributed by atoms with van der Waals surface area (Å²) in [6.45, 7) is 4.33. The smallest absolute Gasteiger partial charge is 0.317 e. The Balaban J connectivity index is 1.30. The van der Waals surface area contributed by atoms with Crippen molar-refractivity contribution in [2.45, 2.75) is 32.4 Å². The molecule has 1 fully saturated rings. The summed E-state index contributed by atoms with van der Waals surface area (Å²) >= 11 is 0. The van der Waals surface area contributed by atoms with E-state index in [0.29, 0.717) is 25.7 Å². The van der Waals surface area contributed by atoms with Gasteiger partial charge >= 0.3 is 6.03 Å². The van der Waals surface area contributed by atoms with Gasteiger partial charge in [0.25, 0.3) is 0 Å². The number of hydrogen-bond donors (Lipinski definition) is 1. The number of benzene rings is 1. The third-order valence-electron chi connectivity index (χ3n) is 5.09. The summed E-state index contributed by atoms with van der Waals surface area (Å²) in [5, 5.41) is 3.04. The van der Waals surface area contributed by atoms with Gasteiger partial charge in [-0.2, -0.15) is 0 Å². The number of ether oxygens (including phenoxy) is 2. The van der Waals surface area contributed by atoms with E-state index in [1.807, 2.05) is 35.6 Å². The molecule has 1 atom stereocenters. The Bertz CT molecular complexity index is 763. The molecule has 4 rings (SSSR count). The van der Waals surface area contributed by atoms with Crippen LogP contribution in [0.5, 0.6) is 11.5 Å².